The van der Waals surface area contributed by atoms with Crippen LogP contribution in [0.2, 0.25) is 0 Å². The zero-order chi connectivity index (χ0) is 13.9. The number of halogens is 1. The molecule has 2 N–H and O–H groups in total. The van der Waals surface area contributed by atoms with Crippen molar-refractivity contribution in [2.24, 2.45) is 0 Å². The van der Waals surface area contributed by atoms with Crippen LogP contribution >= 0.6 is 11.6 Å². The zero-order valence-corrected chi connectivity index (χ0v) is 11.8. The van der Waals surface area contributed by atoms with Crippen molar-refractivity contribution in [2.45, 2.75) is 30.9 Å². The third-order valence-electron chi connectivity index (χ3n) is 2.28. The predicted octanol–water partition coefficient (Wildman–Crippen LogP) is 0.263. The number of amides is 3. The molecule has 8 heteroatoms. The minimum absolute atomic E-state index is 0.0956. The van der Waals surface area contributed by atoms with Gasteiger partial charge in [-0.1, -0.05) is 0 Å². The molecule has 0 aliphatic carbocycles. The molecule has 1 unspecified atom stereocenters. The first-order valence-corrected chi connectivity index (χ1v) is 7.22. The maximum atomic E-state index is 11.3. The molecule has 0 bridgehead atoms. The van der Waals surface area contributed by atoms with Gasteiger partial charge < -0.3 is 5.32 Å². The second kappa shape index (κ2) is 5.68. The average molecular weight is 285 g/mol. The molecule has 0 spiro atoms. The number of hydrogen-bond donors (Lipinski definition) is 2. The van der Waals surface area contributed by atoms with Gasteiger partial charge in [0, 0.05) is 12.8 Å². The van der Waals surface area contributed by atoms with Crippen molar-refractivity contribution in [1.82, 2.24) is 10.6 Å². The predicted molar refractivity (Wildman–Crippen MR) is 65.8 cm³/mol. The Kier molecular flexibility index (Phi) is 5.41. The average Bonchev–Trinajstić information content (AvgIpc) is 2.12. The van der Waals surface area contributed by atoms with E-state index in [9.17, 15) is 18.0 Å². The Morgan fingerprint density at radius 2 is 1.82 bits per heavy atom. The van der Waals surface area contributed by atoms with E-state index in [-0.39, 0.29) is 6.54 Å². The number of sulfone groups is 1. The van der Waals surface area contributed by atoms with Crippen molar-refractivity contribution < 1.29 is 18.0 Å². The molecule has 3 amide bonds. The Balaban J connectivity index is 4.32. The Morgan fingerprint density at radius 3 is 2.18 bits per heavy atom. The van der Waals surface area contributed by atoms with Crippen molar-refractivity contribution >= 4 is 33.4 Å². The fourth-order valence-electron chi connectivity index (χ4n) is 0.680. The topological polar surface area (TPSA) is 92.3 Å². The van der Waals surface area contributed by atoms with Crippen molar-refractivity contribution in [1.29, 1.82) is 0 Å². The number of imide groups is 1. The van der Waals surface area contributed by atoms with Crippen LogP contribution in [0.5, 0.6) is 0 Å². The van der Waals surface area contributed by atoms with Crippen LogP contribution in [0.15, 0.2) is 0 Å². The van der Waals surface area contributed by atoms with Crippen LogP contribution in [-0.2, 0) is 14.6 Å². The van der Waals surface area contributed by atoms with Gasteiger partial charge in [-0.05, 0) is 20.8 Å². The molecular formula is C9H17ClN2O4S. The fraction of sp³-hybridized carbons (Fsp3) is 0.778. The third-order valence-corrected chi connectivity index (χ3v) is 4.63. The van der Waals surface area contributed by atoms with E-state index in [0.717, 1.165) is 6.26 Å². The SMILES string of the molecule is CC(Cl)C(=O)NC(=O)NCC(C)(C)S(C)(=O)=O. The molecular weight excluding hydrogens is 268 g/mol. The molecule has 0 aliphatic rings. The first kappa shape index (κ1) is 16.2. The second-order valence-electron chi connectivity index (χ2n) is 4.32. The number of hydrogen-bond acceptors (Lipinski definition) is 4. The molecule has 0 aromatic heterocycles. The van der Waals surface area contributed by atoms with Crippen LogP contribution in [0.3, 0.4) is 0 Å². The largest absolute Gasteiger partial charge is 0.336 e. The molecule has 0 aliphatic heterocycles. The molecule has 0 heterocycles. The molecule has 0 radical (unpaired) electrons. The van der Waals surface area contributed by atoms with Crippen LogP contribution in [0, 0.1) is 0 Å². The van der Waals surface area contributed by atoms with Gasteiger partial charge in [-0.15, -0.1) is 11.6 Å². The molecule has 17 heavy (non-hydrogen) atoms. The molecule has 6 nitrogen and oxygen atoms in total. The number of carbonyl (C=O) groups is 2. The van der Waals surface area contributed by atoms with Crippen molar-refractivity contribution in [2.75, 3.05) is 12.8 Å². The van der Waals surface area contributed by atoms with Gasteiger partial charge in [0.25, 0.3) is 0 Å². The van der Waals surface area contributed by atoms with Gasteiger partial charge in [0.1, 0.15) is 5.38 Å². The summed E-state index contributed by atoms with van der Waals surface area (Å²) < 4.78 is 21.6. The minimum Gasteiger partial charge on any atom is -0.336 e. The lowest BCUT2D eigenvalue weighted by Gasteiger charge is -2.22. The highest BCUT2D eigenvalue weighted by Gasteiger charge is 2.30. The Labute approximate surface area is 106 Å². The highest BCUT2D eigenvalue weighted by atomic mass is 35.5. The number of nitrogens with one attached hydrogen (secondary N) is 2. The van der Waals surface area contributed by atoms with E-state index < -0.39 is 31.9 Å². The summed E-state index contributed by atoms with van der Waals surface area (Å²) in [4.78, 5) is 22.3. The highest BCUT2D eigenvalue weighted by Crippen LogP contribution is 2.13. The number of carbonyl (C=O) groups excluding carboxylic acids is 2. The number of urea groups is 1. The van der Waals surface area contributed by atoms with E-state index in [2.05, 4.69) is 5.32 Å². The standard InChI is InChI=1S/C9H17ClN2O4S/c1-6(10)7(13)12-8(14)11-5-9(2,3)17(4,15)16/h6H,5H2,1-4H3,(H2,11,12,13,14). The van der Waals surface area contributed by atoms with Gasteiger partial charge in [0.05, 0.1) is 4.75 Å². The van der Waals surface area contributed by atoms with Gasteiger partial charge in [-0.3, -0.25) is 10.1 Å². The van der Waals surface area contributed by atoms with E-state index >= 15 is 0 Å². The summed E-state index contributed by atoms with van der Waals surface area (Å²) in [6, 6.07) is -0.765. The monoisotopic (exact) mass is 284 g/mol. The van der Waals surface area contributed by atoms with Crippen molar-refractivity contribution in [3.05, 3.63) is 0 Å². The zero-order valence-electron chi connectivity index (χ0n) is 10.2. The van der Waals surface area contributed by atoms with E-state index in [1.54, 1.807) is 0 Å². The second-order valence-corrected chi connectivity index (χ2v) is 7.62. The number of rotatable bonds is 4. The Hall–Kier alpha value is -0.820. The third kappa shape index (κ3) is 5.36. The van der Waals surface area contributed by atoms with Gasteiger partial charge in [-0.25, -0.2) is 13.2 Å². The lowest BCUT2D eigenvalue weighted by atomic mass is 10.2. The quantitative estimate of drug-likeness (QED) is 0.725. The summed E-state index contributed by atoms with van der Waals surface area (Å²) in [5.74, 6) is -0.638. The summed E-state index contributed by atoms with van der Waals surface area (Å²) in [5.41, 5.74) is 0. The molecule has 0 saturated heterocycles. The molecule has 0 rings (SSSR count). The van der Waals surface area contributed by atoms with Gasteiger partial charge >= 0.3 is 6.03 Å². The maximum Gasteiger partial charge on any atom is 0.321 e. The summed E-state index contributed by atoms with van der Waals surface area (Å²) in [6.45, 7) is 4.29. The normalized spacial score (nSPS) is 13.9. The number of alkyl halides is 1. The molecule has 0 aromatic carbocycles. The van der Waals surface area contributed by atoms with E-state index in [4.69, 9.17) is 11.6 Å². The first-order chi connectivity index (χ1) is 7.47. The molecule has 0 saturated carbocycles. The van der Waals surface area contributed by atoms with E-state index in [1.807, 2.05) is 5.32 Å². The van der Waals surface area contributed by atoms with E-state index in [1.165, 1.54) is 20.8 Å². The van der Waals surface area contributed by atoms with Crippen LogP contribution in [0.1, 0.15) is 20.8 Å². The summed E-state index contributed by atoms with van der Waals surface area (Å²) in [6.07, 6.45) is 1.08. The summed E-state index contributed by atoms with van der Waals surface area (Å²) in [5, 5.41) is 3.46. The smallest absolute Gasteiger partial charge is 0.321 e. The summed E-state index contributed by atoms with van der Waals surface area (Å²) >= 11 is 5.45. The highest BCUT2D eigenvalue weighted by molar-refractivity contribution is 7.92. The molecule has 1 atom stereocenters. The Morgan fingerprint density at radius 1 is 1.35 bits per heavy atom. The lowest BCUT2D eigenvalue weighted by molar-refractivity contribution is -0.119. The lowest BCUT2D eigenvalue weighted by Crippen LogP contribution is -2.49. The summed E-state index contributed by atoms with van der Waals surface area (Å²) in [7, 11) is -3.30. The van der Waals surface area contributed by atoms with Gasteiger partial charge in [0.2, 0.25) is 5.91 Å². The van der Waals surface area contributed by atoms with Crippen LogP contribution in [0.25, 0.3) is 0 Å². The molecule has 0 fully saturated rings. The van der Waals surface area contributed by atoms with Crippen molar-refractivity contribution in [3.63, 3.8) is 0 Å². The van der Waals surface area contributed by atoms with Crippen LogP contribution in [0.4, 0.5) is 4.79 Å². The van der Waals surface area contributed by atoms with Crippen LogP contribution < -0.4 is 10.6 Å². The maximum absolute atomic E-state index is 11.3. The van der Waals surface area contributed by atoms with Gasteiger partial charge in [-0.2, -0.15) is 0 Å². The van der Waals surface area contributed by atoms with E-state index in [0.29, 0.717) is 0 Å². The molecule has 100 valence electrons. The molecule has 0 aromatic rings. The first-order valence-electron chi connectivity index (χ1n) is 4.90. The minimum atomic E-state index is -3.30. The van der Waals surface area contributed by atoms with Crippen LogP contribution in [-0.4, -0.2) is 43.3 Å². The van der Waals surface area contributed by atoms with Crippen molar-refractivity contribution in [3.8, 4) is 0 Å². The fourth-order valence-corrected chi connectivity index (χ4v) is 1.07. The Bertz CT molecular complexity index is 403. The van der Waals surface area contributed by atoms with Gasteiger partial charge in [0.15, 0.2) is 9.84 Å².